The number of aryl methyl sites for hydroxylation is 1. The highest BCUT2D eigenvalue weighted by Gasteiger charge is 2.17. The highest BCUT2D eigenvalue weighted by molar-refractivity contribution is 7.18. The van der Waals surface area contributed by atoms with Crippen molar-refractivity contribution < 1.29 is 9.47 Å². The lowest BCUT2D eigenvalue weighted by Crippen LogP contribution is -2.21. The number of hydrogen-bond acceptors (Lipinski definition) is 5. The minimum atomic E-state index is -0.0399. The molecule has 0 atom stereocenters. The number of aromatic nitrogens is 2. The molecule has 1 aromatic carbocycles. The van der Waals surface area contributed by atoms with Crippen molar-refractivity contribution >= 4 is 33.2 Å². The number of hydrogen-bond donors (Lipinski definition) is 0. The molecule has 5 nitrogen and oxygen atoms in total. The van der Waals surface area contributed by atoms with Gasteiger partial charge in [-0.1, -0.05) is 18.5 Å². The molecule has 3 aromatic rings. The number of nitrogens with zero attached hydrogens (tertiary/aromatic N) is 2. The number of ether oxygens (including phenoxy) is 2. The van der Waals surface area contributed by atoms with Crippen molar-refractivity contribution in [3.63, 3.8) is 0 Å². The molecule has 0 N–H and O–H groups in total. The summed E-state index contributed by atoms with van der Waals surface area (Å²) in [5, 5.41) is 1.16. The zero-order valence-corrected chi connectivity index (χ0v) is 14.6. The van der Waals surface area contributed by atoms with Crippen LogP contribution < -0.4 is 15.0 Å². The molecule has 0 saturated heterocycles. The summed E-state index contributed by atoms with van der Waals surface area (Å²) in [6.07, 6.45) is 2.49. The number of fused-ring (bicyclic) bond motifs is 2. The van der Waals surface area contributed by atoms with Crippen molar-refractivity contribution in [1.29, 1.82) is 0 Å². The van der Waals surface area contributed by atoms with E-state index in [1.807, 2.05) is 12.1 Å². The van der Waals surface area contributed by atoms with Gasteiger partial charge < -0.3 is 9.47 Å². The summed E-state index contributed by atoms with van der Waals surface area (Å²) in [7, 11) is 0. The summed E-state index contributed by atoms with van der Waals surface area (Å²) in [6.45, 7) is 3.44. The number of rotatable bonds is 3. The Hall–Kier alpha value is -2.05. The lowest BCUT2D eigenvalue weighted by molar-refractivity contribution is 0.171. The van der Waals surface area contributed by atoms with Gasteiger partial charge in [-0.25, -0.2) is 4.98 Å². The van der Waals surface area contributed by atoms with E-state index >= 15 is 0 Å². The average molecular weight is 363 g/mol. The van der Waals surface area contributed by atoms with Crippen LogP contribution in [0.15, 0.2) is 29.3 Å². The first-order chi connectivity index (χ1) is 11.7. The zero-order valence-electron chi connectivity index (χ0n) is 13.0. The summed E-state index contributed by atoms with van der Waals surface area (Å²) in [6, 6.07) is 5.60. The average Bonchev–Trinajstić information content (AvgIpc) is 3.02. The summed E-state index contributed by atoms with van der Waals surface area (Å²) in [5.41, 5.74) is 0.834. The van der Waals surface area contributed by atoms with Gasteiger partial charge in [-0.3, -0.25) is 9.36 Å². The van der Waals surface area contributed by atoms with Gasteiger partial charge in [0.1, 0.15) is 18.0 Å². The molecule has 3 heterocycles. The number of halogens is 1. The van der Waals surface area contributed by atoms with E-state index in [4.69, 9.17) is 21.1 Å². The van der Waals surface area contributed by atoms with Gasteiger partial charge in [0.2, 0.25) is 0 Å². The van der Waals surface area contributed by atoms with E-state index < -0.39 is 0 Å². The maximum Gasteiger partial charge on any atom is 0.262 e. The molecule has 124 valence electrons. The van der Waals surface area contributed by atoms with Gasteiger partial charge in [-0.2, -0.15) is 0 Å². The molecule has 0 radical (unpaired) electrons. The fourth-order valence-corrected chi connectivity index (χ4v) is 3.96. The van der Waals surface area contributed by atoms with Crippen LogP contribution in [-0.2, 0) is 13.0 Å². The normalized spacial score (nSPS) is 13.4. The summed E-state index contributed by atoms with van der Waals surface area (Å²) in [4.78, 5) is 19.0. The molecule has 0 spiro atoms. The first kappa shape index (κ1) is 15.5. The molecule has 7 heteroatoms. The Kier molecular flexibility index (Phi) is 3.94. The Bertz CT molecular complexity index is 980. The van der Waals surface area contributed by atoms with E-state index in [-0.39, 0.29) is 5.56 Å². The van der Waals surface area contributed by atoms with Gasteiger partial charge in [-0.15, -0.1) is 11.3 Å². The highest BCUT2D eigenvalue weighted by atomic mass is 35.5. The van der Waals surface area contributed by atoms with Crippen LogP contribution in [0.4, 0.5) is 0 Å². The van der Waals surface area contributed by atoms with Crippen LogP contribution in [-0.4, -0.2) is 22.8 Å². The smallest absolute Gasteiger partial charge is 0.262 e. The predicted octanol–water partition coefficient (Wildman–Crippen LogP) is 3.49. The Balaban J connectivity index is 1.73. The Morgan fingerprint density at radius 2 is 2.12 bits per heavy atom. The molecule has 0 fully saturated rings. The molecule has 0 amide bonds. The largest absolute Gasteiger partial charge is 0.486 e. The highest BCUT2D eigenvalue weighted by Crippen LogP contribution is 2.38. The van der Waals surface area contributed by atoms with Gasteiger partial charge >= 0.3 is 0 Å². The molecule has 0 aliphatic carbocycles. The van der Waals surface area contributed by atoms with E-state index in [9.17, 15) is 4.79 Å². The molecule has 24 heavy (non-hydrogen) atoms. The van der Waals surface area contributed by atoms with E-state index in [2.05, 4.69) is 11.9 Å². The first-order valence-electron chi connectivity index (χ1n) is 7.71. The molecular formula is C17H15ClN2O3S. The molecule has 1 aliphatic rings. The van der Waals surface area contributed by atoms with Crippen LogP contribution in [0.3, 0.4) is 0 Å². The topological polar surface area (TPSA) is 53.4 Å². The predicted molar refractivity (Wildman–Crippen MR) is 94.8 cm³/mol. The second-order valence-corrected chi connectivity index (χ2v) is 7.09. The molecule has 2 aromatic heterocycles. The molecule has 0 saturated carbocycles. The maximum absolute atomic E-state index is 12.7. The van der Waals surface area contributed by atoms with Crippen LogP contribution in [0.1, 0.15) is 17.4 Å². The van der Waals surface area contributed by atoms with Crippen molar-refractivity contribution in [1.82, 2.24) is 9.55 Å². The third-order valence-corrected chi connectivity index (χ3v) is 5.40. The summed E-state index contributed by atoms with van der Waals surface area (Å²) >= 11 is 7.83. The van der Waals surface area contributed by atoms with E-state index in [0.717, 1.165) is 21.7 Å². The first-order valence-corrected chi connectivity index (χ1v) is 8.91. The second kappa shape index (κ2) is 6.11. The van der Waals surface area contributed by atoms with Gasteiger partial charge in [0.05, 0.1) is 23.3 Å². The second-order valence-electron chi connectivity index (χ2n) is 5.56. The lowest BCUT2D eigenvalue weighted by atomic mass is 10.2. The quantitative estimate of drug-likeness (QED) is 0.715. The van der Waals surface area contributed by atoms with Gasteiger partial charge in [0.15, 0.2) is 11.5 Å². The van der Waals surface area contributed by atoms with E-state index in [0.29, 0.717) is 41.7 Å². The maximum atomic E-state index is 12.7. The standard InChI is InChI=1S/C17H15ClN2O3S/c1-2-11-7-12-16(24-11)19-9-20(17(12)21)8-10-5-13(18)15-14(6-10)22-3-4-23-15/h5-7,9H,2-4,8H2,1H3. The third kappa shape index (κ3) is 2.65. The van der Waals surface area contributed by atoms with Crippen LogP contribution >= 0.6 is 22.9 Å². The zero-order chi connectivity index (χ0) is 16.7. The van der Waals surface area contributed by atoms with Crippen LogP contribution in [0.25, 0.3) is 10.2 Å². The number of thiophene rings is 1. The summed E-state index contributed by atoms with van der Waals surface area (Å²) in [5.74, 6) is 1.19. The van der Waals surface area contributed by atoms with Gasteiger partial charge in [0, 0.05) is 4.88 Å². The Morgan fingerprint density at radius 1 is 1.29 bits per heavy atom. The Morgan fingerprint density at radius 3 is 2.96 bits per heavy atom. The molecule has 0 unspecified atom stereocenters. The molecule has 4 rings (SSSR count). The summed E-state index contributed by atoms with van der Waals surface area (Å²) < 4.78 is 12.7. The number of benzene rings is 1. The Labute approximate surface area is 147 Å². The van der Waals surface area contributed by atoms with Crippen LogP contribution in [0, 0.1) is 0 Å². The molecular weight excluding hydrogens is 348 g/mol. The van der Waals surface area contributed by atoms with Crippen molar-refractivity contribution in [3.05, 3.63) is 50.3 Å². The van der Waals surface area contributed by atoms with Crippen molar-refractivity contribution in [2.45, 2.75) is 19.9 Å². The molecule has 1 aliphatic heterocycles. The van der Waals surface area contributed by atoms with Crippen molar-refractivity contribution in [2.24, 2.45) is 0 Å². The van der Waals surface area contributed by atoms with E-state index in [1.54, 1.807) is 28.3 Å². The SMILES string of the molecule is CCc1cc2c(=O)n(Cc3cc(Cl)c4c(c3)OCCO4)cnc2s1. The van der Waals surface area contributed by atoms with Gasteiger partial charge in [-0.05, 0) is 30.2 Å². The fourth-order valence-electron chi connectivity index (χ4n) is 2.75. The monoisotopic (exact) mass is 362 g/mol. The van der Waals surface area contributed by atoms with Crippen molar-refractivity contribution in [2.75, 3.05) is 13.2 Å². The lowest BCUT2D eigenvalue weighted by Gasteiger charge is -2.20. The fraction of sp³-hybridized carbons (Fsp3) is 0.294. The minimum absolute atomic E-state index is 0.0399. The van der Waals surface area contributed by atoms with Crippen LogP contribution in [0.2, 0.25) is 5.02 Å². The minimum Gasteiger partial charge on any atom is -0.486 e. The van der Waals surface area contributed by atoms with Crippen molar-refractivity contribution in [3.8, 4) is 11.5 Å². The molecule has 0 bridgehead atoms. The van der Waals surface area contributed by atoms with Crippen LogP contribution in [0.5, 0.6) is 11.5 Å². The third-order valence-electron chi connectivity index (χ3n) is 3.93. The van der Waals surface area contributed by atoms with E-state index in [1.165, 1.54) is 0 Å². The van der Waals surface area contributed by atoms with Gasteiger partial charge in [0.25, 0.3) is 5.56 Å².